The summed E-state index contributed by atoms with van der Waals surface area (Å²) in [5.41, 5.74) is 0. The third-order valence-corrected chi connectivity index (χ3v) is 6.43. The fourth-order valence-corrected chi connectivity index (χ4v) is 3.94. The van der Waals surface area contributed by atoms with Crippen molar-refractivity contribution in [3.8, 4) is 0 Å². The highest BCUT2D eigenvalue weighted by Crippen LogP contribution is 0.807. The quantitative estimate of drug-likeness (QED) is 0.441. The summed E-state index contributed by atoms with van der Waals surface area (Å²) < 4.78 is 59.1. The van der Waals surface area contributed by atoms with Gasteiger partial charge in [-0.05, 0) is 0 Å². The molecule has 0 heterocycles. The van der Waals surface area contributed by atoms with Gasteiger partial charge in [-0.1, -0.05) is 0 Å². The van der Waals surface area contributed by atoms with Gasteiger partial charge >= 0.3 is 41.6 Å². The molecule has 0 amide bonds. The number of rotatable bonds is 2. The Labute approximate surface area is 61.9 Å². The fraction of sp³-hybridized carbons (Fsp3) is 0. The first-order chi connectivity index (χ1) is 3.71. The second-order valence-electron chi connectivity index (χ2n) is 0.814. The molecule has 0 N–H and O–H groups in total. The van der Waals surface area contributed by atoms with Crippen molar-refractivity contribution in [3.63, 3.8) is 0 Å². The lowest BCUT2D eigenvalue weighted by Crippen LogP contribution is -4.39. The van der Waals surface area contributed by atoms with Crippen LogP contribution in [0.1, 0.15) is 0 Å². The average Bonchev–Trinajstić information content (AvgIpc) is 1.14. The van der Waals surface area contributed by atoms with Crippen LogP contribution in [0.15, 0.2) is 0 Å². The lowest BCUT2D eigenvalue weighted by atomic mass is 16.0. The maximum atomic E-state index is 9.41. The second-order valence-corrected chi connectivity index (χ2v) is 7.70. The molecule has 0 aliphatic heterocycles. The first-order valence-corrected chi connectivity index (χ1v) is 8.28. The van der Waals surface area contributed by atoms with Crippen molar-refractivity contribution in [2.45, 2.75) is 0 Å². The minimum atomic E-state index is -6.28. The van der Waals surface area contributed by atoms with Gasteiger partial charge in [0, 0.05) is 0 Å². The molecule has 0 radical (unpaired) electrons. The van der Waals surface area contributed by atoms with E-state index in [9.17, 15) is 20.6 Å². The molecule has 0 unspecified atom stereocenters. The Morgan fingerprint density at radius 3 is 0.889 bits per heavy atom. The van der Waals surface area contributed by atoms with Gasteiger partial charge < -0.3 is 0 Å². The van der Waals surface area contributed by atoms with Gasteiger partial charge in [0.05, 0.1) is 0 Å². The fourth-order valence-electron chi connectivity index (χ4n) is 0.0875. The molecule has 0 aliphatic rings. The summed E-state index contributed by atoms with van der Waals surface area (Å²) in [6.45, 7) is 0. The summed E-state index contributed by atoms with van der Waals surface area (Å²) in [4.78, 5) is 0. The van der Waals surface area contributed by atoms with Gasteiger partial charge in [0.25, 0.3) is 0 Å². The van der Waals surface area contributed by atoms with Crippen molar-refractivity contribution in [2.75, 3.05) is 0 Å². The summed E-state index contributed by atoms with van der Waals surface area (Å²) in [5, 5.41) is 0. The molecule has 0 aromatic heterocycles. The molecule has 0 saturated carbocycles. The molecule has 0 saturated heterocycles. The summed E-state index contributed by atoms with van der Waals surface area (Å²) in [6, 6.07) is 0. The minimum Gasteiger partial charge on any atom is -0.245 e. The van der Waals surface area contributed by atoms with Gasteiger partial charge in [0.1, 0.15) is 0 Å². The predicted octanol–water partition coefficient (Wildman–Crippen LogP) is -13.2. The van der Waals surface area contributed by atoms with E-state index in [2.05, 4.69) is 1.40 Å². The molecule has 0 atom stereocenters. The van der Waals surface area contributed by atoms with E-state index in [1.54, 1.807) is 0 Å². The Kier molecular flexibility index (Phi) is 3.46. The molecule has 0 aromatic carbocycles. The van der Waals surface area contributed by atoms with Crippen molar-refractivity contribution in [2.24, 2.45) is 0 Å². The summed E-state index contributed by atoms with van der Waals surface area (Å²) in [5.74, 6) is 0. The Hall–Kier alpha value is 1.18. The van der Waals surface area contributed by atoms with Crippen LogP contribution >= 0.6 is 0 Å². The van der Waals surface area contributed by atoms with Crippen LogP contribution in [0.4, 0.5) is 0 Å². The maximum absolute atomic E-state index is 9.41. The van der Waals surface area contributed by atoms with E-state index in [1.165, 1.54) is 0 Å². The van der Waals surface area contributed by atoms with Crippen LogP contribution in [-0.2, 0) is 1.40 Å². The van der Waals surface area contributed by atoms with Gasteiger partial charge in [-0.15, -0.1) is 0 Å². The SMILES string of the molecule is [O-][I+3]([O-])([O-])O[I+3]([O-])([O-])[O-]. The number of halogens is 2. The lowest BCUT2D eigenvalue weighted by Gasteiger charge is -2.00. The Balaban J connectivity index is 3.75. The molecule has 56 valence electrons. The van der Waals surface area contributed by atoms with Gasteiger partial charge in [0.2, 0.25) is 0 Å². The minimum absolute atomic E-state index is 2.65. The van der Waals surface area contributed by atoms with Crippen LogP contribution in [0, 0.1) is 0 Å². The third-order valence-electron chi connectivity index (χ3n) is 0.143. The smallest absolute Gasteiger partial charge is 0.245 e. The Morgan fingerprint density at radius 2 is 0.889 bits per heavy atom. The molecule has 0 spiro atoms. The van der Waals surface area contributed by atoms with E-state index in [4.69, 9.17) is 0 Å². The highest BCUT2D eigenvalue weighted by atomic mass is 127. The summed E-state index contributed by atoms with van der Waals surface area (Å²) in [6.07, 6.45) is 0. The van der Waals surface area contributed by atoms with E-state index < -0.39 is 40.2 Å². The van der Waals surface area contributed by atoms with Crippen LogP contribution in [-0.4, -0.2) is 0 Å². The van der Waals surface area contributed by atoms with E-state index in [0.717, 1.165) is 0 Å². The van der Waals surface area contributed by atoms with Crippen LogP contribution in [0.5, 0.6) is 0 Å². The van der Waals surface area contributed by atoms with Gasteiger partial charge in [-0.3, -0.25) is 0 Å². The second kappa shape index (κ2) is 3.05. The molecule has 0 rings (SSSR count). The van der Waals surface area contributed by atoms with Crippen molar-refractivity contribution in [1.82, 2.24) is 0 Å². The largest absolute Gasteiger partial charge is 0.531 e. The Morgan fingerprint density at radius 1 is 0.667 bits per heavy atom. The monoisotopic (exact) mass is 366 g/mol. The molecule has 0 aromatic rings. The molecular formula is I2O7. The normalized spacial score (nSPS) is 14.0. The van der Waals surface area contributed by atoms with Gasteiger partial charge in [0.15, 0.2) is 0 Å². The highest BCUT2D eigenvalue weighted by molar-refractivity contribution is 2.55. The number of hydrogen-bond donors (Lipinski definition) is 0. The van der Waals surface area contributed by atoms with Crippen LogP contribution < -0.4 is 60.8 Å². The molecule has 0 bridgehead atoms. The molecule has 7 nitrogen and oxygen atoms in total. The average molecular weight is 366 g/mol. The lowest BCUT2D eigenvalue weighted by molar-refractivity contribution is -2.08. The first kappa shape index (κ1) is 10.2. The third kappa shape index (κ3) is 9.18. The van der Waals surface area contributed by atoms with Gasteiger partial charge in [-0.25, -0.2) is 20.6 Å². The van der Waals surface area contributed by atoms with E-state index >= 15 is 0 Å². The summed E-state index contributed by atoms with van der Waals surface area (Å²) in [7, 11) is 0. The van der Waals surface area contributed by atoms with E-state index in [0.29, 0.717) is 0 Å². The van der Waals surface area contributed by atoms with E-state index in [1.807, 2.05) is 0 Å². The maximum Gasteiger partial charge on any atom is 0.531 e. The van der Waals surface area contributed by atoms with Gasteiger partial charge in [-0.2, -0.15) is 0 Å². The van der Waals surface area contributed by atoms with Crippen molar-refractivity contribution in [3.05, 3.63) is 0 Å². The van der Waals surface area contributed by atoms with E-state index in [-0.39, 0.29) is 0 Å². The Bertz CT molecular complexity index is 72.1. The molecular weight excluding hydrogens is 366 g/mol. The molecule has 0 aliphatic carbocycles. The van der Waals surface area contributed by atoms with Crippen molar-refractivity contribution in [1.29, 1.82) is 0 Å². The molecule has 9 heteroatoms. The highest BCUT2D eigenvalue weighted by Gasteiger charge is 2.55. The standard InChI is InChI=1S/I2O7/c3-1(4,5)9-2(6,7)8. The topological polar surface area (TPSA) is 148 Å². The van der Waals surface area contributed by atoms with Crippen molar-refractivity contribution < 1.29 is 62.2 Å². The van der Waals surface area contributed by atoms with Crippen LogP contribution in [0.2, 0.25) is 0 Å². The zero-order valence-electron chi connectivity index (χ0n) is 3.61. The molecule has 9 heavy (non-hydrogen) atoms. The first-order valence-electron chi connectivity index (χ1n) is 1.23. The van der Waals surface area contributed by atoms with Crippen molar-refractivity contribution >= 4 is 0 Å². The van der Waals surface area contributed by atoms with Crippen LogP contribution in [0.25, 0.3) is 0 Å². The predicted molar refractivity (Wildman–Crippen MR) is 1.08 cm³/mol. The van der Waals surface area contributed by atoms with Crippen LogP contribution in [0.3, 0.4) is 0 Å². The zero-order chi connectivity index (χ0) is 7.71. The number of hydrogen-bond acceptors (Lipinski definition) is 7. The molecule has 0 fully saturated rings. The zero-order valence-corrected chi connectivity index (χ0v) is 7.93. The summed E-state index contributed by atoms with van der Waals surface area (Å²) >= 11 is -12.6.